The molecule has 1 aromatic carbocycles. The van der Waals surface area contributed by atoms with Gasteiger partial charge in [-0.15, -0.1) is 0 Å². The second-order valence-corrected chi connectivity index (χ2v) is 7.09. The molecule has 4 heteroatoms. The Bertz CT molecular complexity index is 485. The average Bonchev–Trinajstić information content (AvgIpc) is 2.35. The van der Waals surface area contributed by atoms with Crippen molar-refractivity contribution in [2.75, 3.05) is 0 Å². The Balaban J connectivity index is 2.10. The fraction of sp³-hybridized carbons (Fsp3) is 0.533. The topological polar surface area (TPSA) is 49.3 Å². The van der Waals surface area contributed by atoms with Crippen LogP contribution in [0, 0.1) is 8.99 Å². The maximum atomic E-state index is 12.2. The normalized spacial score (nSPS) is 21.9. The molecule has 19 heavy (non-hydrogen) atoms. The average molecular weight is 373 g/mol. The minimum atomic E-state index is -0.0910. The third-order valence-corrected chi connectivity index (χ3v) is 4.93. The van der Waals surface area contributed by atoms with E-state index in [1.54, 1.807) is 12.1 Å². The molecule has 2 rings (SSSR count). The highest BCUT2D eigenvalue weighted by Crippen LogP contribution is 2.35. The van der Waals surface area contributed by atoms with Gasteiger partial charge in [-0.25, -0.2) is 0 Å². The van der Waals surface area contributed by atoms with E-state index in [2.05, 4.69) is 19.2 Å². The standard InChI is InChI=1S/C15H20INO2/c1-15(2)8-4-3-5-13(15)17-14(19)10-6-7-11(16)12(18)9-10/h6-7,9,13,18H,3-5,8H2,1-2H3,(H,17,19). The van der Waals surface area contributed by atoms with Gasteiger partial charge in [0.1, 0.15) is 5.75 Å². The van der Waals surface area contributed by atoms with E-state index in [0.29, 0.717) is 5.56 Å². The van der Waals surface area contributed by atoms with Crippen LogP contribution < -0.4 is 5.32 Å². The highest BCUT2D eigenvalue weighted by molar-refractivity contribution is 14.1. The lowest BCUT2D eigenvalue weighted by Gasteiger charge is -2.39. The van der Waals surface area contributed by atoms with E-state index in [1.807, 2.05) is 22.6 Å². The Kier molecular flexibility index (Phi) is 4.38. The molecule has 0 radical (unpaired) electrons. The van der Waals surface area contributed by atoms with Crippen molar-refractivity contribution in [3.8, 4) is 5.75 Å². The smallest absolute Gasteiger partial charge is 0.251 e. The molecule has 0 saturated heterocycles. The van der Waals surface area contributed by atoms with Crippen LogP contribution in [-0.2, 0) is 0 Å². The Hall–Kier alpha value is -0.780. The van der Waals surface area contributed by atoms with E-state index in [1.165, 1.54) is 18.9 Å². The first-order chi connectivity index (χ1) is 8.90. The molecular weight excluding hydrogens is 353 g/mol. The number of carbonyl (C=O) groups excluding carboxylic acids is 1. The number of hydrogen-bond donors (Lipinski definition) is 2. The molecule has 1 aliphatic carbocycles. The largest absolute Gasteiger partial charge is 0.507 e. The summed E-state index contributed by atoms with van der Waals surface area (Å²) in [5, 5.41) is 12.8. The van der Waals surface area contributed by atoms with Crippen LogP contribution in [0.2, 0.25) is 0 Å². The predicted octanol–water partition coefficient (Wildman–Crippen LogP) is 3.70. The van der Waals surface area contributed by atoms with Gasteiger partial charge in [0.15, 0.2) is 0 Å². The van der Waals surface area contributed by atoms with Gasteiger partial charge in [-0.3, -0.25) is 4.79 Å². The predicted molar refractivity (Wildman–Crippen MR) is 84.3 cm³/mol. The zero-order valence-corrected chi connectivity index (χ0v) is 13.5. The Morgan fingerprint density at radius 3 is 2.79 bits per heavy atom. The maximum absolute atomic E-state index is 12.2. The second kappa shape index (κ2) is 5.69. The molecule has 2 N–H and O–H groups in total. The molecule has 1 fully saturated rings. The molecule has 3 nitrogen and oxygen atoms in total. The molecule has 1 saturated carbocycles. The first-order valence-corrected chi connectivity index (χ1v) is 7.77. The highest BCUT2D eigenvalue weighted by Gasteiger charge is 2.33. The quantitative estimate of drug-likeness (QED) is 0.777. The molecule has 0 aliphatic heterocycles. The number of phenols is 1. The van der Waals surface area contributed by atoms with Gasteiger partial charge in [-0.05, 0) is 59.0 Å². The second-order valence-electron chi connectivity index (χ2n) is 5.93. The molecule has 1 aromatic rings. The molecule has 1 unspecified atom stereocenters. The molecule has 104 valence electrons. The lowest BCUT2D eigenvalue weighted by Crippen LogP contribution is -2.46. The SMILES string of the molecule is CC1(C)CCCCC1NC(=O)c1ccc(I)c(O)c1. The lowest BCUT2D eigenvalue weighted by molar-refractivity contribution is 0.0853. The van der Waals surface area contributed by atoms with Gasteiger partial charge >= 0.3 is 0 Å². The summed E-state index contributed by atoms with van der Waals surface area (Å²) in [6.07, 6.45) is 4.60. The summed E-state index contributed by atoms with van der Waals surface area (Å²) in [4.78, 5) is 12.2. The molecule has 0 heterocycles. The van der Waals surface area contributed by atoms with Gasteiger partial charge in [-0.1, -0.05) is 26.7 Å². The Morgan fingerprint density at radius 2 is 2.16 bits per heavy atom. The summed E-state index contributed by atoms with van der Waals surface area (Å²) in [5.74, 6) is 0.0721. The van der Waals surface area contributed by atoms with Crippen molar-refractivity contribution in [1.29, 1.82) is 0 Å². The van der Waals surface area contributed by atoms with E-state index in [-0.39, 0.29) is 23.1 Å². The van der Waals surface area contributed by atoms with Crippen LogP contribution in [0.4, 0.5) is 0 Å². The number of amides is 1. The fourth-order valence-electron chi connectivity index (χ4n) is 2.66. The molecule has 0 aromatic heterocycles. The Morgan fingerprint density at radius 1 is 1.42 bits per heavy atom. The van der Waals surface area contributed by atoms with Crippen molar-refractivity contribution in [1.82, 2.24) is 5.32 Å². The van der Waals surface area contributed by atoms with Crippen molar-refractivity contribution in [2.45, 2.75) is 45.6 Å². The van der Waals surface area contributed by atoms with Crippen molar-refractivity contribution in [3.05, 3.63) is 27.3 Å². The number of nitrogens with one attached hydrogen (secondary N) is 1. The van der Waals surface area contributed by atoms with E-state index in [0.717, 1.165) is 16.4 Å². The first-order valence-electron chi connectivity index (χ1n) is 6.69. The molecule has 1 atom stereocenters. The van der Waals surface area contributed by atoms with E-state index in [9.17, 15) is 9.90 Å². The zero-order chi connectivity index (χ0) is 14.0. The Labute approximate surface area is 127 Å². The van der Waals surface area contributed by atoms with Gasteiger partial charge in [0.05, 0.1) is 3.57 Å². The monoisotopic (exact) mass is 373 g/mol. The number of hydrogen-bond acceptors (Lipinski definition) is 2. The van der Waals surface area contributed by atoms with Crippen molar-refractivity contribution in [3.63, 3.8) is 0 Å². The number of halogens is 1. The van der Waals surface area contributed by atoms with Crippen LogP contribution in [0.1, 0.15) is 49.9 Å². The molecule has 1 aliphatic rings. The minimum absolute atomic E-state index is 0.0910. The molecule has 0 spiro atoms. The number of rotatable bonds is 2. The van der Waals surface area contributed by atoms with Crippen molar-refractivity contribution in [2.24, 2.45) is 5.41 Å². The summed E-state index contributed by atoms with van der Waals surface area (Å²) in [6.45, 7) is 4.42. The molecule has 0 bridgehead atoms. The van der Waals surface area contributed by atoms with Gasteiger partial charge in [0, 0.05) is 11.6 Å². The molecular formula is C15H20INO2. The van der Waals surface area contributed by atoms with Crippen LogP contribution in [0.5, 0.6) is 5.75 Å². The summed E-state index contributed by atoms with van der Waals surface area (Å²) in [6, 6.07) is 5.27. The third kappa shape index (κ3) is 3.41. The maximum Gasteiger partial charge on any atom is 0.251 e. The zero-order valence-electron chi connectivity index (χ0n) is 11.4. The summed E-state index contributed by atoms with van der Waals surface area (Å²) in [5.41, 5.74) is 0.679. The number of phenolic OH excluding ortho intramolecular Hbond substituents is 1. The van der Waals surface area contributed by atoms with E-state index < -0.39 is 0 Å². The van der Waals surface area contributed by atoms with Crippen LogP contribution >= 0.6 is 22.6 Å². The number of aromatic hydroxyl groups is 1. The highest BCUT2D eigenvalue weighted by atomic mass is 127. The number of carbonyl (C=O) groups is 1. The van der Waals surface area contributed by atoms with Crippen LogP contribution in [0.25, 0.3) is 0 Å². The van der Waals surface area contributed by atoms with Gasteiger partial charge in [-0.2, -0.15) is 0 Å². The first kappa shape index (κ1) is 14.6. The van der Waals surface area contributed by atoms with Crippen molar-refractivity contribution < 1.29 is 9.90 Å². The van der Waals surface area contributed by atoms with E-state index in [4.69, 9.17) is 0 Å². The third-order valence-electron chi connectivity index (χ3n) is 4.02. The van der Waals surface area contributed by atoms with Gasteiger partial charge < -0.3 is 10.4 Å². The van der Waals surface area contributed by atoms with Gasteiger partial charge in [0.2, 0.25) is 0 Å². The van der Waals surface area contributed by atoms with Crippen LogP contribution in [0.3, 0.4) is 0 Å². The summed E-state index contributed by atoms with van der Waals surface area (Å²) < 4.78 is 0.757. The summed E-state index contributed by atoms with van der Waals surface area (Å²) in [7, 11) is 0. The van der Waals surface area contributed by atoms with Crippen molar-refractivity contribution >= 4 is 28.5 Å². The fourth-order valence-corrected chi connectivity index (χ4v) is 2.99. The van der Waals surface area contributed by atoms with E-state index >= 15 is 0 Å². The van der Waals surface area contributed by atoms with Crippen LogP contribution in [0.15, 0.2) is 18.2 Å². The molecule has 1 amide bonds. The summed E-state index contributed by atoms with van der Waals surface area (Å²) >= 11 is 2.04. The minimum Gasteiger partial charge on any atom is -0.507 e. The van der Waals surface area contributed by atoms with Gasteiger partial charge in [0.25, 0.3) is 5.91 Å². The number of benzene rings is 1. The lowest BCUT2D eigenvalue weighted by atomic mass is 9.73. The van der Waals surface area contributed by atoms with Crippen LogP contribution in [-0.4, -0.2) is 17.1 Å².